The number of hydrogen-bond acceptors (Lipinski definition) is 4. The van der Waals surface area contributed by atoms with Gasteiger partial charge < -0.3 is 19.3 Å². The predicted octanol–water partition coefficient (Wildman–Crippen LogP) is 3.04. The molecule has 0 unspecified atom stereocenters. The molecule has 134 valence electrons. The summed E-state index contributed by atoms with van der Waals surface area (Å²) in [6, 6.07) is 5.53. The fraction of sp³-hybridized carbons (Fsp3) is 0.632. The highest BCUT2D eigenvalue weighted by Crippen LogP contribution is 2.29. The van der Waals surface area contributed by atoms with Crippen molar-refractivity contribution in [3.63, 3.8) is 0 Å². The Kier molecular flexibility index (Phi) is 7.37. The monoisotopic (exact) mass is 334 g/mol. The van der Waals surface area contributed by atoms with E-state index in [1.807, 2.05) is 30.0 Å². The van der Waals surface area contributed by atoms with E-state index in [4.69, 9.17) is 9.47 Å². The summed E-state index contributed by atoms with van der Waals surface area (Å²) in [6.45, 7) is 8.83. The van der Waals surface area contributed by atoms with Crippen molar-refractivity contribution in [2.75, 3.05) is 46.4 Å². The van der Waals surface area contributed by atoms with Gasteiger partial charge in [0.25, 0.3) is 5.91 Å². The van der Waals surface area contributed by atoms with Gasteiger partial charge in [0, 0.05) is 25.2 Å². The van der Waals surface area contributed by atoms with Crippen LogP contribution in [0.3, 0.4) is 0 Å². The second kappa shape index (κ2) is 9.52. The second-order valence-corrected chi connectivity index (χ2v) is 6.25. The molecule has 0 saturated carbocycles. The fourth-order valence-electron chi connectivity index (χ4n) is 2.79. The third-order valence-corrected chi connectivity index (χ3v) is 4.25. The second-order valence-electron chi connectivity index (χ2n) is 6.25. The normalized spacial score (nSPS) is 15.9. The molecule has 1 aromatic carbocycles. The van der Waals surface area contributed by atoms with Gasteiger partial charge >= 0.3 is 0 Å². The van der Waals surface area contributed by atoms with Crippen molar-refractivity contribution in [2.45, 2.75) is 33.1 Å². The van der Waals surface area contributed by atoms with Crippen molar-refractivity contribution >= 4 is 5.91 Å². The van der Waals surface area contributed by atoms with Crippen LogP contribution < -0.4 is 9.47 Å². The Morgan fingerprint density at radius 3 is 2.67 bits per heavy atom. The lowest BCUT2D eigenvalue weighted by Crippen LogP contribution is -2.34. The molecule has 2 rings (SSSR count). The molecule has 24 heavy (non-hydrogen) atoms. The average molecular weight is 334 g/mol. The molecule has 5 heteroatoms. The zero-order valence-electron chi connectivity index (χ0n) is 15.2. The smallest absolute Gasteiger partial charge is 0.254 e. The minimum absolute atomic E-state index is 0.0753. The minimum Gasteiger partial charge on any atom is -0.490 e. The summed E-state index contributed by atoms with van der Waals surface area (Å²) in [7, 11) is 2.10. The first-order valence-electron chi connectivity index (χ1n) is 9.03. The van der Waals surface area contributed by atoms with Crippen molar-refractivity contribution in [3.8, 4) is 11.5 Å². The van der Waals surface area contributed by atoms with Crippen molar-refractivity contribution in [3.05, 3.63) is 23.8 Å². The Balaban J connectivity index is 2.11. The SMILES string of the molecule is CCCCOc1ccc(C(=O)N2CCCN(C)CC2)cc1OCC. The first-order valence-corrected chi connectivity index (χ1v) is 9.03. The van der Waals surface area contributed by atoms with Crippen molar-refractivity contribution in [1.29, 1.82) is 0 Å². The number of nitrogens with zero attached hydrogens (tertiary/aromatic N) is 2. The molecule has 0 aliphatic carbocycles. The van der Waals surface area contributed by atoms with Crippen LogP contribution >= 0.6 is 0 Å². The van der Waals surface area contributed by atoms with Gasteiger partial charge in [0.05, 0.1) is 13.2 Å². The average Bonchev–Trinajstić information content (AvgIpc) is 2.80. The molecule has 1 aliphatic rings. The molecule has 1 amide bonds. The molecule has 1 saturated heterocycles. The lowest BCUT2D eigenvalue weighted by atomic mass is 10.1. The molecule has 1 fully saturated rings. The van der Waals surface area contributed by atoms with Gasteiger partial charge in [-0.05, 0) is 51.6 Å². The predicted molar refractivity (Wildman–Crippen MR) is 96.0 cm³/mol. The Labute approximate surface area is 145 Å². The highest BCUT2D eigenvalue weighted by Gasteiger charge is 2.20. The minimum atomic E-state index is 0.0753. The van der Waals surface area contributed by atoms with Crippen molar-refractivity contribution < 1.29 is 14.3 Å². The zero-order valence-corrected chi connectivity index (χ0v) is 15.2. The first-order chi connectivity index (χ1) is 11.7. The summed E-state index contributed by atoms with van der Waals surface area (Å²) in [5.74, 6) is 1.45. The van der Waals surface area contributed by atoms with Crippen LogP contribution in [0.15, 0.2) is 18.2 Å². The van der Waals surface area contributed by atoms with Gasteiger partial charge in [-0.1, -0.05) is 13.3 Å². The van der Waals surface area contributed by atoms with E-state index in [-0.39, 0.29) is 5.91 Å². The number of rotatable bonds is 7. The quantitative estimate of drug-likeness (QED) is 0.719. The molecule has 1 aliphatic heterocycles. The highest BCUT2D eigenvalue weighted by molar-refractivity contribution is 5.95. The highest BCUT2D eigenvalue weighted by atomic mass is 16.5. The van der Waals surface area contributed by atoms with E-state index < -0.39 is 0 Å². The molecule has 1 aromatic rings. The van der Waals surface area contributed by atoms with E-state index in [1.54, 1.807) is 0 Å². The summed E-state index contributed by atoms with van der Waals surface area (Å²) < 4.78 is 11.5. The van der Waals surface area contributed by atoms with Crippen LogP contribution in [0, 0.1) is 0 Å². The Hall–Kier alpha value is -1.75. The van der Waals surface area contributed by atoms with Crippen LogP contribution in [-0.2, 0) is 0 Å². The molecule has 0 atom stereocenters. The lowest BCUT2D eigenvalue weighted by Gasteiger charge is -2.21. The fourth-order valence-corrected chi connectivity index (χ4v) is 2.79. The molecular formula is C19H30N2O3. The van der Waals surface area contributed by atoms with Crippen LogP contribution in [0.4, 0.5) is 0 Å². The standard InChI is InChI=1S/C19H30N2O3/c1-4-6-14-24-17-9-8-16(15-18(17)23-5-2)19(22)21-11-7-10-20(3)12-13-21/h8-9,15H,4-7,10-14H2,1-3H3. The number of ether oxygens (including phenoxy) is 2. The van der Waals surface area contributed by atoms with Gasteiger partial charge in [0.2, 0.25) is 0 Å². The molecule has 0 aromatic heterocycles. The zero-order chi connectivity index (χ0) is 17.4. The number of amides is 1. The number of benzene rings is 1. The van der Waals surface area contributed by atoms with Crippen LogP contribution in [0.2, 0.25) is 0 Å². The van der Waals surface area contributed by atoms with Gasteiger partial charge in [0.1, 0.15) is 0 Å². The van der Waals surface area contributed by atoms with Crippen LogP contribution in [0.5, 0.6) is 11.5 Å². The van der Waals surface area contributed by atoms with E-state index in [0.717, 1.165) is 51.2 Å². The number of hydrogen-bond donors (Lipinski definition) is 0. The maximum atomic E-state index is 12.8. The molecule has 0 bridgehead atoms. The van der Waals surface area contributed by atoms with Crippen LogP contribution in [-0.4, -0.2) is 62.1 Å². The van der Waals surface area contributed by atoms with Gasteiger partial charge in [0.15, 0.2) is 11.5 Å². The van der Waals surface area contributed by atoms with E-state index in [2.05, 4.69) is 18.9 Å². The number of likely N-dealkylation sites (N-methyl/N-ethyl adjacent to an activating group) is 1. The lowest BCUT2D eigenvalue weighted by molar-refractivity contribution is 0.0762. The molecule has 0 N–H and O–H groups in total. The van der Waals surface area contributed by atoms with E-state index in [9.17, 15) is 4.79 Å². The van der Waals surface area contributed by atoms with Crippen molar-refractivity contribution in [1.82, 2.24) is 9.80 Å². The van der Waals surface area contributed by atoms with Crippen LogP contribution in [0.25, 0.3) is 0 Å². The summed E-state index contributed by atoms with van der Waals surface area (Å²) in [5, 5.41) is 0. The molecule has 1 heterocycles. The largest absolute Gasteiger partial charge is 0.490 e. The Morgan fingerprint density at radius 1 is 1.08 bits per heavy atom. The molecule has 0 spiro atoms. The van der Waals surface area contributed by atoms with Gasteiger partial charge in [-0.2, -0.15) is 0 Å². The summed E-state index contributed by atoms with van der Waals surface area (Å²) in [4.78, 5) is 17.0. The van der Waals surface area contributed by atoms with Crippen molar-refractivity contribution in [2.24, 2.45) is 0 Å². The third kappa shape index (κ3) is 5.13. The summed E-state index contributed by atoms with van der Waals surface area (Å²) in [6.07, 6.45) is 3.11. The van der Waals surface area contributed by atoms with Gasteiger partial charge in [-0.3, -0.25) is 4.79 Å². The van der Waals surface area contributed by atoms with Crippen LogP contribution in [0.1, 0.15) is 43.5 Å². The summed E-state index contributed by atoms with van der Waals surface area (Å²) in [5.41, 5.74) is 0.672. The third-order valence-electron chi connectivity index (χ3n) is 4.25. The van der Waals surface area contributed by atoms with Gasteiger partial charge in [-0.15, -0.1) is 0 Å². The Bertz CT molecular complexity index is 533. The van der Waals surface area contributed by atoms with E-state index >= 15 is 0 Å². The maximum absolute atomic E-state index is 12.8. The number of unbranched alkanes of at least 4 members (excludes halogenated alkanes) is 1. The van der Waals surface area contributed by atoms with E-state index in [1.165, 1.54) is 0 Å². The number of carbonyl (C=O) groups is 1. The number of carbonyl (C=O) groups excluding carboxylic acids is 1. The molecule has 5 nitrogen and oxygen atoms in total. The van der Waals surface area contributed by atoms with E-state index in [0.29, 0.717) is 24.5 Å². The summed E-state index contributed by atoms with van der Waals surface area (Å²) >= 11 is 0. The maximum Gasteiger partial charge on any atom is 0.254 e. The molecular weight excluding hydrogens is 304 g/mol. The van der Waals surface area contributed by atoms with Gasteiger partial charge in [-0.25, -0.2) is 0 Å². The first kappa shape index (κ1) is 18.6. The topological polar surface area (TPSA) is 42.0 Å². The Morgan fingerprint density at radius 2 is 1.92 bits per heavy atom. The molecule has 0 radical (unpaired) electrons.